The van der Waals surface area contributed by atoms with Crippen LogP contribution in [0.15, 0.2) is 53.9 Å². The Balaban J connectivity index is 1.25. The van der Waals surface area contributed by atoms with Gasteiger partial charge in [0.2, 0.25) is 5.91 Å². The van der Waals surface area contributed by atoms with E-state index in [4.69, 9.17) is 9.47 Å². The number of aromatic nitrogens is 1. The van der Waals surface area contributed by atoms with Crippen LogP contribution in [-0.2, 0) is 11.3 Å². The van der Waals surface area contributed by atoms with E-state index in [2.05, 4.69) is 15.6 Å². The molecule has 3 amide bonds. The lowest BCUT2D eigenvalue weighted by molar-refractivity contribution is -0.126. The zero-order valence-corrected chi connectivity index (χ0v) is 20.1. The first-order valence-corrected chi connectivity index (χ1v) is 12.0. The highest BCUT2D eigenvalue weighted by atomic mass is 32.1. The molecule has 2 N–H and O–H groups in total. The summed E-state index contributed by atoms with van der Waals surface area (Å²) in [5.41, 5.74) is 2.50. The number of hydrogen-bond donors (Lipinski definition) is 2. The number of amides is 3. The fraction of sp³-hybridized carbons (Fsp3) is 0.320. The summed E-state index contributed by atoms with van der Waals surface area (Å²) in [6.45, 7) is 1.43. The molecule has 0 atom stereocenters. The summed E-state index contributed by atoms with van der Waals surface area (Å²) >= 11 is 1.57. The smallest absolute Gasteiger partial charge is 0.321 e. The summed E-state index contributed by atoms with van der Waals surface area (Å²) in [4.78, 5) is 31.7. The van der Waals surface area contributed by atoms with Crippen LogP contribution in [0.4, 0.5) is 10.5 Å². The van der Waals surface area contributed by atoms with E-state index in [1.54, 1.807) is 48.7 Å². The van der Waals surface area contributed by atoms with Crippen LogP contribution >= 0.6 is 11.3 Å². The molecule has 0 bridgehead atoms. The number of thiazole rings is 1. The van der Waals surface area contributed by atoms with Crippen molar-refractivity contribution in [3.63, 3.8) is 0 Å². The zero-order valence-electron chi connectivity index (χ0n) is 19.2. The molecule has 3 aromatic rings. The van der Waals surface area contributed by atoms with E-state index in [9.17, 15) is 9.59 Å². The van der Waals surface area contributed by atoms with Gasteiger partial charge in [-0.2, -0.15) is 0 Å². The monoisotopic (exact) mass is 480 g/mol. The lowest BCUT2D eigenvalue weighted by Crippen LogP contribution is -2.44. The minimum absolute atomic E-state index is 0.00569. The molecule has 2 aromatic carbocycles. The van der Waals surface area contributed by atoms with E-state index < -0.39 is 0 Å². The number of benzene rings is 2. The lowest BCUT2D eigenvalue weighted by atomic mass is 9.96. The minimum Gasteiger partial charge on any atom is -0.497 e. The van der Waals surface area contributed by atoms with Crippen molar-refractivity contribution >= 4 is 29.0 Å². The van der Waals surface area contributed by atoms with Gasteiger partial charge in [0, 0.05) is 36.0 Å². The topological polar surface area (TPSA) is 92.8 Å². The second kappa shape index (κ2) is 11.0. The van der Waals surface area contributed by atoms with Crippen molar-refractivity contribution in [2.24, 2.45) is 5.92 Å². The van der Waals surface area contributed by atoms with Crippen LogP contribution in [0.3, 0.4) is 0 Å². The van der Waals surface area contributed by atoms with Gasteiger partial charge >= 0.3 is 6.03 Å². The number of hydrogen-bond acceptors (Lipinski definition) is 6. The molecule has 9 heteroatoms. The van der Waals surface area contributed by atoms with Gasteiger partial charge in [0.25, 0.3) is 0 Å². The Morgan fingerprint density at radius 1 is 1.09 bits per heavy atom. The third-order valence-corrected chi connectivity index (χ3v) is 6.76. The van der Waals surface area contributed by atoms with E-state index >= 15 is 0 Å². The molecule has 34 heavy (non-hydrogen) atoms. The molecule has 8 nitrogen and oxygen atoms in total. The molecule has 0 spiro atoms. The first-order valence-electron chi connectivity index (χ1n) is 11.1. The number of likely N-dealkylation sites (tertiary alicyclic amines) is 1. The predicted molar refractivity (Wildman–Crippen MR) is 132 cm³/mol. The summed E-state index contributed by atoms with van der Waals surface area (Å²) in [6, 6.07) is 15.0. The van der Waals surface area contributed by atoms with E-state index in [1.165, 1.54) is 0 Å². The molecule has 0 aliphatic carbocycles. The van der Waals surface area contributed by atoms with Crippen molar-refractivity contribution in [2.45, 2.75) is 19.4 Å². The van der Waals surface area contributed by atoms with Gasteiger partial charge in [0.05, 0.1) is 32.1 Å². The van der Waals surface area contributed by atoms with Crippen molar-refractivity contribution in [1.29, 1.82) is 0 Å². The van der Waals surface area contributed by atoms with Gasteiger partial charge in [0.15, 0.2) is 0 Å². The van der Waals surface area contributed by atoms with Crippen molar-refractivity contribution in [3.8, 4) is 22.1 Å². The molecular weight excluding hydrogens is 452 g/mol. The number of ether oxygens (including phenoxy) is 2. The first-order chi connectivity index (χ1) is 16.6. The maximum atomic E-state index is 12.7. The molecular formula is C25H28N4O4S. The second-order valence-corrected chi connectivity index (χ2v) is 8.84. The molecule has 1 aliphatic heterocycles. The number of carbonyl (C=O) groups is 2. The fourth-order valence-electron chi connectivity index (χ4n) is 3.86. The van der Waals surface area contributed by atoms with Crippen LogP contribution in [0.1, 0.15) is 18.5 Å². The Labute approximate surface area is 202 Å². The van der Waals surface area contributed by atoms with Gasteiger partial charge in [-0.1, -0.05) is 30.3 Å². The molecule has 1 aromatic heterocycles. The summed E-state index contributed by atoms with van der Waals surface area (Å²) in [6.07, 6.45) is 1.23. The van der Waals surface area contributed by atoms with Gasteiger partial charge in [0.1, 0.15) is 16.5 Å². The molecule has 1 aliphatic rings. The average molecular weight is 481 g/mol. The Hall–Kier alpha value is -3.59. The third-order valence-electron chi connectivity index (χ3n) is 5.82. The standard InChI is InChI=1S/C25H28N4O4S/c1-32-20-8-9-21(22(14-20)33-2)28-25(31)29-12-10-17(11-13-29)23(30)26-15-19-16-34-24(27-19)18-6-4-3-5-7-18/h3-9,14,16-17H,10-13,15H2,1-2H3,(H,26,30)(H,28,31). The van der Waals surface area contributed by atoms with Crippen LogP contribution < -0.4 is 20.1 Å². The Morgan fingerprint density at radius 3 is 2.56 bits per heavy atom. The summed E-state index contributed by atoms with van der Waals surface area (Å²) in [5, 5.41) is 8.81. The molecule has 2 heterocycles. The van der Waals surface area contributed by atoms with E-state index in [0.29, 0.717) is 49.7 Å². The van der Waals surface area contributed by atoms with Crippen molar-refractivity contribution in [2.75, 3.05) is 32.6 Å². The van der Waals surface area contributed by atoms with Crippen molar-refractivity contribution in [1.82, 2.24) is 15.2 Å². The first kappa shape index (κ1) is 23.6. The number of piperidine rings is 1. The highest BCUT2D eigenvalue weighted by molar-refractivity contribution is 7.13. The van der Waals surface area contributed by atoms with Gasteiger partial charge < -0.3 is 25.0 Å². The number of nitrogens with zero attached hydrogens (tertiary/aromatic N) is 2. The number of urea groups is 1. The zero-order chi connectivity index (χ0) is 23.9. The van der Waals surface area contributed by atoms with Crippen LogP contribution in [0.2, 0.25) is 0 Å². The molecule has 0 unspecified atom stereocenters. The molecule has 178 valence electrons. The summed E-state index contributed by atoms with van der Waals surface area (Å²) in [7, 11) is 3.12. The van der Waals surface area contributed by atoms with Gasteiger partial charge in [-0.25, -0.2) is 9.78 Å². The van der Waals surface area contributed by atoms with Crippen LogP contribution in [0, 0.1) is 5.92 Å². The highest BCUT2D eigenvalue weighted by Crippen LogP contribution is 2.30. The predicted octanol–water partition coefficient (Wildman–Crippen LogP) is 4.39. The van der Waals surface area contributed by atoms with Crippen molar-refractivity contribution in [3.05, 3.63) is 59.6 Å². The molecule has 1 fully saturated rings. The number of carbonyl (C=O) groups excluding carboxylic acids is 2. The molecule has 0 radical (unpaired) electrons. The quantitative estimate of drug-likeness (QED) is 0.523. The Morgan fingerprint density at radius 2 is 1.85 bits per heavy atom. The van der Waals surface area contributed by atoms with E-state index in [1.807, 2.05) is 35.7 Å². The van der Waals surface area contributed by atoms with Gasteiger partial charge in [-0.3, -0.25) is 4.79 Å². The van der Waals surface area contributed by atoms with Crippen LogP contribution in [-0.4, -0.2) is 49.1 Å². The highest BCUT2D eigenvalue weighted by Gasteiger charge is 2.27. The summed E-state index contributed by atoms with van der Waals surface area (Å²) in [5.74, 6) is 1.06. The number of anilines is 1. The third kappa shape index (κ3) is 5.66. The molecule has 0 saturated carbocycles. The maximum absolute atomic E-state index is 12.7. The number of nitrogens with one attached hydrogen (secondary N) is 2. The minimum atomic E-state index is -0.210. The van der Waals surface area contributed by atoms with E-state index in [-0.39, 0.29) is 17.9 Å². The number of methoxy groups -OCH3 is 2. The van der Waals surface area contributed by atoms with E-state index in [0.717, 1.165) is 16.3 Å². The normalized spacial score (nSPS) is 13.9. The Kier molecular flexibility index (Phi) is 7.64. The lowest BCUT2D eigenvalue weighted by Gasteiger charge is -2.31. The summed E-state index contributed by atoms with van der Waals surface area (Å²) < 4.78 is 10.5. The Bertz CT molecular complexity index is 1130. The van der Waals surface area contributed by atoms with Crippen LogP contribution in [0.25, 0.3) is 10.6 Å². The number of rotatable bonds is 7. The maximum Gasteiger partial charge on any atom is 0.321 e. The molecule has 4 rings (SSSR count). The largest absolute Gasteiger partial charge is 0.497 e. The van der Waals surface area contributed by atoms with Gasteiger partial charge in [-0.15, -0.1) is 11.3 Å². The van der Waals surface area contributed by atoms with Crippen LogP contribution in [0.5, 0.6) is 11.5 Å². The average Bonchev–Trinajstić information content (AvgIpc) is 3.37. The SMILES string of the molecule is COc1ccc(NC(=O)N2CCC(C(=O)NCc3csc(-c4ccccc4)n3)CC2)c(OC)c1. The second-order valence-electron chi connectivity index (χ2n) is 7.99. The van der Waals surface area contributed by atoms with Gasteiger partial charge in [-0.05, 0) is 25.0 Å². The molecule has 1 saturated heterocycles. The van der Waals surface area contributed by atoms with Crippen molar-refractivity contribution < 1.29 is 19.1 Å². The fourth-order valence-corrected chi connectivity index (χ4v) is 4.69.